The highest BCUT2D eigenvalue weighted by Crippen LogP contribution is 2.05. The van der Waals surface area contributed by atoms with Crippen molar-refractivity contribution in [2.45, 2.75) is 39.7 Å². The first-order valence-electron chi connectivity index (χ1n) is 5.50. The zero-order valence-electron chi connectivity index (χ0n) is 10.3. The van der Waals surface area contributed by atoms with E-state index < -0.39 is 0 Å². The quantitative estimate of drug-likeness (QED) is 0.492. The van der Waals surface area contributed by atoms with Gasteiger partial charge in [0.05, 0.1) is 13.2 Å². The van der Waals surface area contributed by atoms with Crippen molar-refractivity contribution in [1.82, 2.24) is 5.32 Å². The fourth-order valence-corrected chi connectivity index (χ4v) is 0.945. The molecule has 0 spiro atoms. The lowest BCUT2D eigenvalue weighted by molar-refractivity contribution is -0.148. The molecule has 0 aliphatic carbocycles. The number of carbonyl (C=O) groups excluding carboxylic acids is 1. The highest BCUT2D eigenvalue weighted by molar-refractivity contribution is 5.70. The van der Waals surface area contributed by atoms with Crippen LogP contribution in [0.1, 0.15) is 34.1 Å². The van der Waals surface area contributed by atoms with Crippen LogP contribution >= 0.6 is 0 Å². The Morgan fingerprint density at radius 2 is 2.00 bits per heavy atom. The van der Waals surface area contributed by atoms with E-state index in [1.54, 1.807) is 6.92 Å². The van der Waals surface area contributed by atoms with Gasteiger partial charge in [-0.25, -0.2) is 4.79 Å². The molecule has 0 rings (SSSR count). The first-order valence-corrected chi connectivity index (χ1v) is 5.50. The number of esters is 1. The van der Waals surface area contributed by atoms with Crippen LogP contribution in [0, 0.1) is 0 Å². The Hall–Kier alpha value is -0.610. The lowest BCUT2D eigenvalue weighted by Gasteiger charge is -2.24. The van der Waals surface area contributed by atoms with E-state index in [2.05, 4.69) is 26.1 Å². The Morgan fingerprint density at radius 1 is 1.33 bits per heavy atom. The van der Waals surface area contributed by atoms with E-state index in [1.807, 2.05) is 0 Å². The van der Waals surface area contributed by atoms with Crippen molar-refractivity contribution < 1.29 is 14.3 Å². The van der Waals surface area contributed by atoms with Gasteiger partial charge in [0.25, 0.3) is 0 Å². The molecule has 0 bridgehead atoms. The Morgan fingerprint density at radius 3 is 2.53 bits per heavy atom. The molecule has 90 valence electrons. The van der Waals surface area contributed by atoms with Crippen LogP contribution in [-0.4, -0.2) is 37.9 Å². The van der Waals surface area contributed by atoms with Crippen LogP contribution in [0.15, 0.2) is 0 Å². The second kappa shape index (κ2) is 7.65. The lowest BCUT2D eigenvalue weighted by Crippen LogP contribution is -2.40. The molecule has 0 aliphatic heterocycles. The van der Waals surface area contributed by atoms with Gasteiger partial charge in [-0.1, -0.05) is 6.92 Å². The second-order valence-electron chi connectivity index (χ2n) is 4.02. The second-order valence-corrected chi connectivity index (χ2v) is 4.02. The van der Waals surface area contributed by atoms with Crippen molar-refractivity contribution in [2.75, 3.05) is 26.4 Å². The van der Waals surface area contributed by atoms with Crippen LogP contribution in [0.3, 0.4) is 0 Å². The summed E-state index contributed by atoms with van der Waals surface area (Å²) in [6, 6.07) is 0. The molecule has 0 aromatic heterocycles. The van der Waals surface area contributed by atoms with Crippen LogP contribution in [0.4, 0.5) is 0 Å². The van der Waals surface area contributed by atoms with Crippen molar-refractivity contribution in [1.29, 1.82) is 0 Å². The molecule has 0 saturated heterocycles. The van der Waals surface area contributed by atoms with Crippen LogP contribution in [0.5, 0.6) is 0 Å². The van der Waals surface area contributed by atoms with Crippen LogP contribution in [0.2, 0.25) is 0 Å². The number of rotatable bonds is 8. The monoisotopic (exact) mass is 217 g/mol. The Kier molecular flexibility index (Phi) is 7.34. The Labute approximate surface area is 92.3 Å². The van der Waals surface area contributed by atoms with Crippen LogP contribution in [0.25, 0.3) is 0 Å². The summed E-state index contributed by atoms with van der Waals surface area (Å²) in [6.07, 6.45) is 1.06. The minimum absolute atomic E-state index is 0.0437. The highest BCUT2D eigenvalue weighted by atomic mass is 16.6. The van der Waals surface area contributed by atoms with Gasteiger partial charge in [0.1, 0.15) is 6.61 Å². The molecule has 0 radical (unpaired) electrons. The molecule has 0 saturated carbocycles. The maximum atomic E-state index is 10.9. The van der Waals surface area contributed by atoms with Gasteiger partial charge in [-0.15, -0.1) is 0 Å². The van der Waals surface area contributed by atoms with Crippen molar-refractivity contribution in [3.8, 4) is 0 Å². The normalized spacial score (nSPS) is 11.5. The number of ether oxygens (including phenoxy) is 2. The van der Waals surface area contributed by atoms with E-state index in [9.17, 15) is 4.79 Å². The zero-order chi connectivity index (χ0) is 11.7. The van der Waals surface area contributed by atoms with Crippen molar-refractivity contribution in [2.24, 2.45) is 0 Å². The Bertz CT molecular complexity index is 181. The molecule has 0 unspecified atom stereocenters. The first kappa shape index (κ1) is 14.4. The van der Waals surface area contributed by atoms with E-state index in [-0.39, 0.29) is 18.1 Å². The summed E-state index contributed by atoms with van der Waals surface area (Å²) in [4.78, 5) is 10.9. The van der Waals surface area contributed by atoms with Gasteiger partial charge in [0, 0.05) is 12.1 Å². The van der Waals surface area contributed by atoms with E-state index >= 15 is 0 Å². The van der Waals surface area contributed by atoms with Crippen molar-refractivity contribution in [3.05, 3.63) is 0 Å². The zero-order valence-corrected chi connectivity index (χ0v) is 10.3. The van der Waals surface area contributed by atoms with Gasteiger partial charge in [0.15, 0.2) is 0 Å². The van der Waals surface area contributed by atoms with Crippen molar-refractivity contribution in [3.63, 3.8) is 0 Å². The summed E-state index contributed by atoms with van der Waals surface area (Å²) in [5.74, 6) is -0.299. The molecule has 0 aromatic rings. The molecule has 0 atom stereocenters. The minimum Gasteiger partial charge on any atom is -0.464 e. The van der Waals surface area contributed by atoms with Gasteiger partial charge in [-0.2, -0.15) is 0 Å². The molecule has 0 fully saturated rings. The molecular weight excluding hydrogens is 194 g/mol. The van der Waals surface area contributed by atoms with E-state index in [1.165, 1.54) is 0 Å². The fourth-order valence-electron chi connectivity index (χ4n) is 0.945. The summed E-state index contributed by atoms with van der Waals surface area (Å²) in [7, 11) is 0. The summed E-state index contributed by atoms with van der Waals surface area (Å²) in [5.41, 5.74) is 0.132. The lowest BCUT2D eigenvalue weighted by atomic mass is 10.0. The fraction of sp³-hybridized carbons (Fsp3) is 0.909. The molecular formula is C11H23NO3. The molecule has 0 amide bonds. The van der Waals surface area contributed by atoms with Gasteiger partial charge in [-0.05, 0) is 27.2 Å². The molecule has 1 N–H and O–H groups in total. The largest absolute Gasteiger partial charge is 0.464 e. The predicted octanol–water partition coefficient (Wildman–Crippen LogP) is 1.34. The van der Waals surface area contributed by atoms with E-state index in [0.29, 0.717) is 13.2 Å². The summed E-state index contributed by atoms with van der Waals surface area (Å²) in [6.45, 7) is 9.92. The van der Waals surface area contributed by atoms with Crippen molar-refractivity contribution >= 4 is 5.97 Å². The number of hydrogen-bond acceptors (Lipinski definition) is 4. The SMILES string of the molecule is CCOC(=O)COCCNC(C)(C)CC. The van der Waals surface area contributed by atoms with Crippen LogP contribution in [-0.2, 0) is 14.3 Å². The summed E-state index contributed by atoms with van der Waals surface area (Å²) in [5, 5.41) is 3.34. The third-order valence-electron chi connectivity index (χ3n) is 2.26. The topological polar surface area (TPSA) is 47.6 Å². The Balaban J connectivity index is 3.36. The molecule has 4 nitrogen and oxygen atoms in total. The molecule has 15 heavy (non-hydrogen) atoms. The first-order chi connectivity index (χ1) is 7.02. The molecule has 0 heterocycles. The van der Waals surface area contributed by atoms with E-state index in [0.717, 1.165) is 13.0 Å². The highest BCUT2D eigenvalue weighted by Gasteiger charge is 2.12. The molecule has 0 aromatic carbocycles. The number of hydrogen-bond donors (Lipinski definition) is 1. The van der Waals surface area contributed by atoms with Gasteiger partial charge in [-0.3, -0.25) is 0 Å². The predicted molar refractivity (Wildman–Crippen MR) is 59.8 cm³/mol. The van der Waals surface area contributed by atoms with Gasteiger partial charge >= 0.3 is 5.97 Å². The summed E-state index contributed by atoms with van der Waals surface area (Å²) >= 11 is 0. The smallest absolute Gasteiger partial charge is 0.332 e. The minimum atomic E-state index is -0.299. The average Bonchev–Trinajstić information content (AvgIpc) is 2.17. The number of nitrogens with one attached hydrogen (secondary N) is 1. The van der Waals surface area contributed by atoms with Gasteiger partial charge < -0.3 is 14.8 Å². The van der Waals surface area contributed by atoms with E-state index in [4.69, 9.17) is 9.47 Å². The third-order valence-corrected chi connectivity index (χ3v) is 2.26. The molecule has 0 aliphatic rings. The third kappa shape index (κ3) is 8.39. The maximum Gasteiger partial charge on any atom is 0.332 e. The van der Waals surface area contributed by atoms with Gasteiger partial charge in [0.2, 0.25) is 0 Å². The van der Waals surface area contributed by atoms with Crippen LogP contribution < -0.4 is 5.32 Å². The standard InChI is InChI=1S/C11H23NO3/c1-5-11(3,4)12-7-8-14-9-10(13)15-6-2/h12H,5-9H2,1-4H3. The summed E-state index contributed by atoms with van der Waals surface area (Å²) < 4.78 is 9.88. The average molecular weight is 217 g/mol. The molecule has 4 heteroatoms. The number of carbonyl (C=O) groups is 1. The maximum absolute atomic E-state index is 10.9.